The van der Waals surface area contributed by atoms with Crippen molar-refractivity contribution in [3.8, 4) is 0 Å². The van der Waals surface area contributed by atoms with E-state index >= 15 is 0 Å². The van der Waals surface area contributed by atoms with Crippen LogP contribution >= 0.6 is 11.3 Å². The van der Waals surface area contributed by atoms with E-state index in [1.807, 2.05) is 11.8 Å². The standard InChI is InChI=1S/C20H24FN3O2S/c1-14-19(27-13-22-14)20(26)23-17-3-2-11-24(12-10-17)18(25)9-6-15-4-7-16(21)8-5-15/h4-5,7-8,13,17H,2-3,6,9-12H2,1H3,(H,23,26)/t17-/m0/s1. The number of rotatable bonds is 5. The van der Waals surface area contributed by atoms with Gasteiger partial charge in [-0.2, -0.15) is 0 Å². The van der Waals surface area contributed by atoms with E-state index in [-0.39, 0.29) is 23.7 Å². The molecule has 144 valence electrons. The lowest BCUT2D eigenvalue weighted by molar-refractivity contribution is -0.131. The monoisotopic (exact) mass is 389 g/mol. The summed E-state index contributed by atoms with van der Waals surface area (Å²) >= 11 is 1.35. The quantitative estimate of drug-likeness (QED) is 0.853. The summed E-state index contributed by atoms with van der Waals surface area (Å²) in [5.41, 5.74) is 3.40. The van der Waals surface area contributed by atoms with E-state index in [1.54, 1.807) is 17.6 Å². The molecule has 0 radical (unpaired) electrons. The average molecular weight is 389 g/mol. The number of amides is 2. The Morgan fingerprint density at radius 3 is 2.74 bits per heavy atom. The molecule has 1 fully saturated rings. The summed E-state index contributed by atoms with van der Waals surface area (Å²) in [7, 11) is 0. The summed E-state index contributed by atoms with van der Waals surface area (Å²) in [6.45, 7) is 3.20. The van der Waals surface area contributed by atoms with Crippen molar-refractivity contribution in [3.63, 3.8) is 0 Å². The van der Waals surface area contributed by atoms with Crippen LogP contribution in [0.1, 0.15) is 46.6 Å². The van der Waals surface area contributed by atoms with Crippen LogP contribution in [0.3, 0.4) is 0 Å². The zero-order valence-electron chi connectivity index (χ0n) is 15.4. The van der Waals surface area contributed by atoms with Crippen LogP contribution < -0.4 is 5.32 Å². The van der Waals surface area contributed by atoms with Crippen molar-refractivity contribution < 1.29 is 14.0 Å². The first-order chi connectivity index (χ1) is 13.0. The van der Waals surface area contributed by atoms with Gasteiger partial charge in [-0.15, -0.1) is 11.3 Å². The molecule has 7 heteroatoms. The molecule has 2 amide bonds. The van der Waals surface area contributed by atoms with Crippen LogP contribution in [0, 0.1) is 12.7 Å². The number of hydrogen-bond donors (Lipinski definition) is 1. The number of nitrogens with one attached hydrogen (secondary N) is 1. The van der Waals surface area contributed by atoms with Gasteiger partial charge in [-0.05, 0) is 50.3 Å². The molecule has 1 aliphatic heterocycles. The Kier molecular flexibility index (Phi) is 6.55. The summed E-state index contributed by atoms with van der Waals surface area (Å²) in [5, 5.41) is 3.08. The third kappa shape index (κ3) is 5.35. The number of thiazole rings is 1. The summed E-state index contributed by atoms with van der Waals surface area (Å²) in [5.74, 6) is -0.222. The zero-order chi connectivity index (χ0) is 19.2. The molecule has 1 N–H and O–H groups in total. The number of hydrogen-bond acceptors (Lipinski definition) is 4. The van der Waals surface area contributed by atoms with E-state index in [9.17, 15) is 14.0 Å². The molecule has 0 aliphatic carbocycles. The Balaban J connectivity index is 1.47. The molecule has 2 heterocycles. The second-order valence-electron chi connectivity index (χ2n) is 6.88. The number of nitrogens with zero attached hydrogens (tertiary/aromatic N) is 2. The number of halogens is 1. The van der Waals surface area contributed by atoms with E-state index in [2.05, 4.69) is 10.3 Å². The highest BCUT2D eigenvalue weighted by molar-refractivity contribution is 7.11. The van der Waals surface area contributed by atoms with Crippen molar-refractivity contribution in [2.75, 3.05) is 13.1 Å². The molecule has 1 aromatic heterocycles. The highest BCUT2D eigenvalue weighted by Crippen LogP contribution is 2.16. The van der Waals surface area contributed by atoms with Gasteiger partial charge in [0.15, 0.2) is 0 Å². The van der Waals surface area contributed by atoms with Crippen LogP contribution in [0.15, 0.2) is 29.8 Å². The second-order valence-corrected chi connectivity index (χ2v) is 7.73. The Morgan fingerprint density at radius 1 is 1.26 bits per heavy atom. The first-order valence-electron chi connectivity index (χ1n) is 9.26. The maximum atomic E-state index is 13.0. The average Bonchev–Trinajstić information content (AvgIpc) is 2.95. The van der Waals surface area contributed by atoms with Crippen LogP contribution in [0.2, 0.25) is 0 Å². The SMILES string of the molecule is Cc1ncsc1C(=O)N[C@H]1CCCN(C(=O)CCc2ccc(F)cc2)CC1. The van der Waals surface area contributed by atoms with Crippen molar-refractivity contribution in [2.24, 2.45) is 0 Å². The zero-order valence-corrected chi connectivity index (χ0v) is 16.2. The summed E-state index contributed by atoms with van der Waals surface area (Å²) < 4.78 is 13.0. The fourth-order valence-corrected chi connectivity index (χ4v) is 4.03. The summed E-state index contributed by atoms with van der Waals surface area (Å²) in [6.07, 6.45) is 3.52. The predicted octanol–water partition coefficient (Wildman–Crippen LogP) is 3.33. The molecular weight excluding hydrogens is 365 g/mol. The molecule has 0 unspecified atom stereocenters. The third-order valence-corrected chi connectivity index (χ3v) is 5.84. The maximum absolute atomic E-state index is 13.0. The van der Waals surface area contributed by atoms with E-state index < -0.39 is 0 Å². The molecule has 1 aliphatic rings. The van der Waals surface area contributed by atoms with Gasteiger partial charge < -0.3 is 10.2 Å². The Hall–Kier alpha value is -2.28. The van der Waals surface area contributed by atoms with Gasteiger partial charge in [-0.1, -0.05) is 12.1 Å². The van der Waals surface area contributed by atoms with Gasteiger partial charge in [0.2, 0.25) is 5.91 Å². The molecule has 1 aromatic carbocycles. The van der Waals surface area contributed by atoms with Crippen molar-refractivity contribution in [2.45, 2.75) is 45.1 Å². The van der Waals surface area contributed by atoms with Gasteiger partial charge in [0.1, 0.15) is 10.7 Å². The lowest BCUT2D eigenvalue weighted by Crippen LogP contribution is -2.36. The Bertz CT molecular complexity index is 791. The van der Waals surface area contributed by atoms with Crippen molar-refractivity contribution in [1.29, 1.82) is 0 Å². The van der Waals surface area contributed by atoms with Crippen molar-refractivity contribution >= 4 is 23.2 Å². The molecule has 27 heavy (non-hydrogen) atoms. The minimum Gasteiger partial charge on any atom is -0.348 e. The molecule has 0 spiro atoms. The smallest absolute Gasteiger partial charge is 0.263 e. The van der Waals surface area contributed by atoms with E-state index in [0.717, 1.165) is 30.5 Å². The largest absolute Gasteiger partial charge is 0.348 e. The van der Waals surface area contributed by atoms with Crippen LogP contribution in [0.5, 0.6) is 0 Å². The third-order valence-electron chi connectivity index (χ3n) is 4.91. The van der Waals surface area contributed by atoms with Gasteiger partial charge >= 0.3 is 0 Å². The maximum Gasteiger partial charge on any atom is 0.263 e. The molecule has 2 aromatic rings. The molecular formula is C20H24FN3O2S. The Morgan fingerprint density at radius 2 is 2.04 bits per heavy atom. The van der Waals surface area contributed by atoms with Gasteiger partial charge in [0.05, 0.1) is 11.2 Å². The number of benzene rings is 1. The van der Waals surface area contributed by atoms with E-state index in [0.29, 0.717) is 30.8 Å². The second kappa shape index (κ2) is 9.08. The molecule has 1 saturated heterocycles. The van der Waals surface area contributed by atoms with Gasteiger partial charge in [0, 0.05) is 25.6 Å². The minimum atomic E-state index is -0.265. The number of carbonyl (C=O) groups excluding carboxylic acids is 2. The lowest BCUT2D eigenvalue weighted by Gasteiger charge is -2.21. The molecule has 3 rings (SSSR count). The fraction of sp³-hybridized carbons (Fsp3) is 0.450. The summed E-state index contributed by atoms with van der Waals surface area (Å²) in [4.78, 5) is 31.5. The summed E-state index contributed by atoms with van der Waals surface area (Å²) in [6, 6.07) is 6.36. The van der Waals surface area contributed by atoms with E-state index in [4.69, 9.17) is 0 Å². The van der Waals surface area contributed by atoms with Crippen molar-refractivity contribution in [3.05, 3.63) is 51.7 Å². The fourth-order valence-electron chi connectivity index (χ4n) is 3.32. The number of likely N-dealkylation sites (tertiary alicyclic amines) is 1. The normalized spacial score (nSPS) is 17.4. The molecule has 5 nitrogen and oxygen atoms in total. The number of carbonyl (C=O) groups is 2. The predicted molar refractivity (Wildman–Crippen MR) is 103 cm³/mol. The molecule has 0 saturated carbocycles. The van der Waals surface area contributed by atoms with Crippen LogP contribution in [-0.4, -0.2) is 40.8 Å². The molecule has 1 atom stereocenters. The lowest BCUT2D eigenvalue weighted by atomic mass is 10.1. The first-order valence-corrected chi connectivity index (χ1v) is 10.1. The van der Waals surface area contributed by atoms with Crippen LogP contribution in [0.25, 0.3) is 0 Å². The molecule has 0 bridgehead atoms. The van der Waals surface area contributed by atoms with Gasteiger partial charge in [-0.3, -0.25) is 9.59 Å². The topological polar surface area (TPSA) is 62.3 Å². The van der Waals surface area contributed by atoms with Crippen LogP contribution in [-0.2, 0) is 11.2 Å². The minimum absolute atomic E-state index is 0.0731. The highest BCUT2D eigenvalue weighted by atomic mass is 32.1. The first kappa shape index (κ1) is 19.5. The highest BCUT2D eigenvalue weighted by Gasteiger charge is 2.23. The Labute approximate surface area is 162 Å². The number of aryl methyl sites for hydroxylation is 2. The van der Waals surface area contributed by atoms with Crippen LogP contribution in [0.4, 0.5) is 4.39 Å². The van der Waals surface area contributed by atoms with E-state index in [1.165, 1.54) is 23.5 Å². The number of aromatic nitrogens is 1. The van der Waals surface area contributed by atoms with Gasteiger partial charge in [-0.25, -0.2) is 9.37 Å². The van der Waals surface area contributed by atoms with Crippen molar-refractivity contribution in [1.82, 2.24) is 15.2 Å². The van der Waals surface area contributed by atoms with Gasteiger partial charge in [0.25, 0.3) is 5.91 Å².